The molecule has 0 atom stereocenters. The van der Waals surface area contributed by atoms with Crippen molar-refractivity contribution in [3.05, 3.63) is 53.3 Å². The lowest BCUT2D eigenvalue weighted by molar-refractivity contribution is 0.0600. The number of carbonyl (C=O) groups is 1. The Morgan fingerprint density at radius 3 is 2.59 bits per heavy atom. The molecule has 22 heavy (non-hydrogen) atoms. The number of carbonyl (C=O) groups excluding carboxylic acids is 1. The second-order valence-corrected chi connectivity index (χ2v) is 4.37. The molecule has 0 aliphatic carbocycles. The van der Waals surface area contributed by atoms with Crippen LogP contribution in [0.4, 0.5) is 0 Å². The van der Waals surface area contributed by atoms with E-state index in [0.29, 0.717) is 22.8 Å². The summed E-state index contributed by atoms with van der Waals surface area (Å²) in [6, 6.07) is 8.86. The van der Waals surface area contributed by atoms with Gasteiger partial charge in [-0.25, -0.2) is 4.79 Å². The number of aromatic nitrogens is 1. The fourth-order valence-corrected chi connectivity index (χ4v) is 1.96. The predicted octanol–water partition coefficient (Wildman–Crippen LogP) is 3.06. The van der Waals surface area contributed by atoms with Crippen molar-refractivity contribution in [2.24, 2.45) is 0 Å². The van der Waals surface area contributed by atoms with Crippen LogP contribution in [0.2, 0.25) is 0 Å². The SMILES string of the molecule is COC(=O)c1cccnc1/C=C/c1ccc(OC)cc1OC. The second-order valence-electron chi connectivity index (χ2n) is 4.37. The van der Waals surface area contributed by atoms with E-state index in [1.165, 1.54) is 7.11 Å². The first kappa shape index (κ1) is 15.6. The molecule has 114 valence electrons. The van der Waals surface area contributed by atoms with Crippen molar-refractivity contribution in [2.45, 2.75) is 0 Å². The average Bonchev–Trinajstić information content (AvgIpc) is 2.59. The summed E-state index contributed by atoms with van der Waals surface area (Å²) in [5.41, 5.74) is 1.80. The summed E-state index contributed by atoms with van der Waals surface area (Å²) in [5.74, 6) is 0.961. The number of esters is 1. The van der Waals surface area contributed by atoms with Gasteiger partial charge in [-0.15, -0.1) is 0 Å². The smallest absolute Gasteiger partial charge is 0.340 e. The first-order chi connectivity index (χ1) is 10.7. The molecule has 0 N–H and O–H groups in total. The molecule has 0 saturated heterocycles. The molecule has 1 heterocycles. The lowest BCUT2D eigenvalue weighted by Gasteiger charge is -2.07. The third-order valence-electron chi connectivity index (χ3n) is 3.11. The van der Waals surface area contributed by atoms with E-state index in [9.17, 15) is 4.79 Å². The topological polar surface area (TPSA) is 57.7 Å². The van der Waals surface area contributed by atoms with Crippen LogP contribution < -0.4 is 9.47 Å². The number of ether oxygens (including phenoxy) is 3. The van der Waals surface area contributed by atoms with Gasteiger partial charge in [-0.05, 0) is 36.4 Å². The van der Waals surface area contributed by atoms with E-state index in [4.69, 9.17) is 14.2 Å². The predicted molar refractivity (Wildman–Crippen MR) is 84.1 cm³/mol. The molecule has 0 saturated carbocycles. The van der Waals surface area contributed by atoms with E-state index in [1.54, 1.807) is 44.7 Å². The summed E-state index contributed by atoms with van der Waals surface area (Å²) in [6.45, 7) is 0. The fraction of sp³-hybridized carbons (Fsp3) is 0.176. The zero-order chi connectivity index (χ0) is 15.9. The van der Waals surface area contributed by atoms with Crippen LogP contribution in [-0.2, 0) is 4.74 Å². The van der Waals surface area contributed by atoms with E-state index in [-0.39, 0.29) is 0 Å². The number of nitrogens with zero attached hydrogens (tertiary/aromatic N) is 1. The van der Waals surface area contributed by atoms with Crippen LogP contribution >= 0.6 is 0 Å². The maximum absolute atomic E-state index is 11.7. The van der Waals surface area contributed by atoms with Crippen molar-refractivity contribution in [3.63, 3.8) is 0 Å². The van der Waals surface area contributed by atoms with Gasteiger partial charge in [0.25, 0.3) is 0 Å². The van der Waals surface area contributed by atoms with Gasteiger partial charge in [0.2, 0.25) is 0 Å². The monoisotopic (exact) mass is 299 g/mol. The Balaban J connectivity index is 2.35. The summed E-state index contributed by atoms with van der Waals surface area (Å²) in [6.07, 6.45) is 5.20. The van der Waals surface area contributed by atoms with Crippen LogP contribution in [0.25, 0.3) is 12.2 Å². The molecule has 1 aromatic carbocycles. The van der Waals surface area contributed by atoms with Crippen molar-refractivity contribution in [1.82, 2.24) is 4.98 Å². The summed E-state index contributed by atoms with van der Waals surface area (Å²) in [5, 5.41) is 0. The largest absolute Gasteiger partial charge is 0.497 e. The summed E-state index contributed by atoms with van der Waals surface area (Å²) in [7, 11) is 4.53. The minimum atomic E-state index is -0.422. The van der Waals surface area contributed by atoms with E-state index >= 15 is 0 Å². The highest BCUT2D eigenvalue weighted by atomic mass is 16.5. The zero-order valence-electron chi connectivity index (χ0n) is 12.7. The molecule has 0 aliphatic rings. The molecule has 0 bridgehead atoms. The average molecular weight is 299 g/mol. The van der Waals surface area contributed by atoms with Crippen molar-refractivity contribution < 1.29 is 19.0 Å². The highest BCUT2D eigenvalue weighted by molar-refractivity contribution is 5.94. The minimum Gasteiger partial charge on any atom is -0.497 e. The third-order valence-corrected chi connectivity index (χ3v) is 3.11. The number of pyridine rings is 1. The quantitative estimate of drug-likeness (QED) is 0.794. The van der Waals surface area contributed by atoms with Gasteiger partial charge in [0.05, 0.1) is 32.6 Å². The van der Waals surface area contributed by atoms with Crippen molar-refractivity contribution in [1.29, 1.82) is 0 Å². The second kappa shape index (κ2) is 7.26. The standard InChI is InChI=1S/C17H17NO4/c1-20-13-8-6-12(16(11-13)21-2)7-9-15-14(17(19)22-3)5-4-10-18-15/h4-11H,1-3H3/b9-7+. The molecular formula is C17H17NO4. The molecule has 0 aliphatic heterocycles. The van der Waals surface area contributed by atoms with E-state index in [1.807, 2.05) is 18.2 Å². The van der Waals surface area contributed by atoms with Gasteiger partial charge in [-0.3, -0.25) is 4.98 Å². The summed E-state index contributed by atoms with van der Waals surface area (Å²) in [4.78, 5) is 15.9. The Hall–Kier alpha value is -2.82. The third kappa shape index (κ3) is 3.44. The normalized spacial score (nSPS) is 10.5. The van der Waals surface area contributed by atoms with Gasteiger partial charge in [-0.1, -0.05) is 0 Å². The maximum Gasteiger partial charge on any atom is 0.340 e. The molecule has 0 spiro atoms. The number of hydrogen-bond acceptors (Lipinski definition) is 5. The Labute approximate surface area is 129 Å². The van der Waals surface area contributed by atoms with Crippen LogP contribution in [0.15, 0.2) is 36.5 Å². The minimum absolute atomic E-state index is 0.411. The molecule has 0 radical (unpaired) electrons. The number of rotatable bonds is 5. The summed E-state index contributed by atoms with van der Waals surface area (Å²) >= 11 is 0. The first-order valence-corrected chi connectivity index (χ1v) is 6.63. The van der Waals surface area contributed by atoms with Gasteiger partial charge in [-0.2, -0.15) is 0 Å². The van der Waals surface area contributed by atoms with Gasteiger partial charge in [0.15, 0.2) is 0 Å². The molecule has 2 aromatic rings. The van der Waals surface area contributed by atoms with Crippen LogP contribution in [0, 0.1) is 0 Å². The molecule has 5 nitrogen and oxygen atoms in total. The van der Waals surface area contributed by atoms with Crippen LogP contribution in [0.5, 0.6) is 11.5 Å². The fourth-order valence-electron chi connectivity index (χ4n) is 1.96. The Bertz CT molecular complexity index is 695. The Kier molecular flexibility index (Phi) is 5.14. The number of benzene rings is 1. The lowest BCUT2D eigenvalue weighted by atomic mass is 10.1. The molecule has 2 rings (SSSR count). The molecule has 0 amide bonds. The first-order valence-electron chi connectivity index (χ1n) is 6.63. The molecule has 0 fully saturated rings. The zero-order valence-corrected chi connectivity index (χ0v) is 12.7. The highest BCUT2D eigenvalue weighted by Crippen LogP contribution is 2.26. The van der Waals surface area contributed by atoms with Crippen molar-refractivity contribution >= 4 is 18.1 Å². The number of methoxy groups -OCH3 is 3. The van der Waals surface area contributed by atoms with E-state index in [0.717, 1.165) is 5.56 Å². The maximum atomic E-state index is 11.7. The molecular weight excluding hydrogens is 282 g/mol. The van der Waals surface area contributed by atoms with Crippen molar-refractivity contribution in [3.8, 4) is 11.5 Å². The van der Waals surface area contributed by atoms with Gasteiger partial charge in [0.1, 0.15) is 11.5 Å². The van der Waals surface area contributed by atoms with Crippen molar-refractivity contribution in [2.75, 3.05) is 21.3 Å². The molecule has 0 unspecified atom stereocenters. The van der Waals surface area contributed by atoms with Crippen LogP contribution in [0.1, 0.15) is 21.6 Å². The van der Waals surface area contributed by atoms with Gasteiger partial charge >= 0.3 is 5.97 Å². The van der Waals surface area contributed by atoms with Crippen LogP contribution in [0.3, 0.4) is 0 Å². The molecule has 5 heteroatoms. The highest BCUT2D eigenvalue weighted by Gasteiger charge is 2.10. The van der Waals surface area contributed by atoms with E-state index in [2.05, 4.69) is 4.98 Å². The van der Waals surface area contributed by atoms with Gasteiger partial charge < -0.3 is 14.2 Å². The summed E-state index contributed by atoms with van der Waals surface area (Å²) < 4.78 is 15.2. The molecule has 1 aromatic heterocycles. The van der Waals surface area contributed by atoms with Gasteiger partial charge in [0, 0.05) is 17.8 Å². The van der Waals surface area contributed by atoms with Crippen LogP contribution in [-0.4, -0.2) is 32.3 Å². The number of hydrogen-bond donors (Lipinski definition) is 0. The van der Waals surface area contributed by atoms with E-state index < -0.39 is 5.97 Å². The lowest BCUT2D eigenvalue weighted by Crippen LogP contribution is -2.04. The Morgan fingerprint density at radius 2 is 1.91 bits per heavy atom. The Morgan fingerprint density at radius 1 is 1.09 bits per heavy atom.